The number of nitrogens with one attached hydrogen (secondary N) is 3. The van der Waals surface area contributed by atoms with Gasteiger partial charge in [0.2, 0.25) is 0 Å². The van der Waals surface area contributed by atoms with E-state index < -0.39 is 0 Å². The van der Waals surface area contributed by atoms with Crippen LogP contribution in [0.15, 0.2) is 28.8 Å². The van der Waals surface area contributed by atoms with E-state index in [9.17, 15) is 4.79 Å². The van der Waals surface area contributed by atoms with E-state index in [1.54, 1.807) is 6.92 Å². The van der Waals surface area contributed by atoms with E-state index >= 15 is 0 Å². The van der Waals surface area contributed by atoms with Gasteiger partial charge < -0.3 is 20.5 Å². The predicted molar refractivity (Wildman–Crippen MR) is 91.7 cm³/mol. The number of aromatic nitrogens is 1. The second-order valence-electron chi connectivity index (χ2n) is 5.35. The first kappa shape index (κ1) is 16.9. The zero-order chi connectivity index (χ0) is 16.7. The Hall–Kier alpha value is -2.50. The summed E-state index contributed by atoms with van der Waals surface area (Å²) in [6.45, 7) is 7.31. The van der Waals surface area contributed by atoms with Gasteiger partial charge in [-0.1, -0.05) is 31.1 Å². The second-order valence-corrected chi connectivity index (χ2v) is 5.35. The summed E-state index contributed by atoms with van der Waals surface area (Å²) in [6.07, 6.45) is 1.77. The van der Waals surface area contributed by atoms with E-state index in [0.29, 0.717) is 30.1 Å². The maximum atomic E-state index is 12.0. The van der Waals surface area contributed by atoms with Crippen molar-refractivity contribution in [1.29, 1.82) is 0 Å². The fourth-order valence-corrected chi connectivity index (χ4v) is 2.17. The summed E-state index contributed by atoms with van der Waals surface area (Å²) in [5.74, 6) is 0.684. The van der Waals surface area contributed by atoms with E-state index in [2.05, 4.69) is 28.0 Å². The number of nitrogens with zero attached hydrogens (tertiary/aromatic N) is 1. The first-order valence-corrected chi connectivity index (χ1v) is 7.96. The van der Waals surface area contributed by atoms with E-state index in [4.69, 9.17) is 4.52 Å². The fraction of sp³-hybridized carbons (Fsp3) is 0.412. The van der Waals surface area contributed by atoms with E-state index in [-0.39, 0.29) is 6.03 Å². The molecule has 0 radical (unpaired) electrons. The van der Waals surface area contributed by atoms with Crippen LogP contribution in [0, 0.1) is 6.92 Å². The molecule has 0 atom stereocenters. The molecule has 6 heteroatoms. The van der Waals surface area contributed by atoms with Gasteiger partial charge in [0, 0.05) is 25.2 Å². The van der Waals surface area contributed by atoms with Crippen molar-refractivity contribution in [2.75, 3.05) is 17.2 Å². The molecular weight excluding hydrogens is 292 g/mol. The van der Waals surface area contributed by atoms with Gasteiger partial charge in [-0.3, -0.25) is 0 Å². The highest BCUT2D eigenvalue weighted by Gasteiger charge is 2.13. The normalized spacial score (nSPS) is 10.4. The molecule has 1 heterocycles. The summed E-state index contributed by atoms with van der Waals surface area (Å²) in [5.41, 5.74) is 3.47. The van der Waals surface area contributed by atoms with Gasteiger partial charge in [-0.2, -0.15) is 0 Å². The number of benzene rings is 1. The predicted octanol–water partition coefficient (Wildman–Crippen LogP) is 3.69. The molecule has 1 aromatic heterocycles. The zero-order valence-electron chi connectivity index (χ0n) is 13.9. The maximum absolute atomic E-state index is 12.0. The lowest BCUT2D eigenvalue weighted by atomic mass is 10.2. The minimum atomic E-state index is -0.265. The Morgan fingerprint density at radius 3 is 2.61 bits per heavy atom. The molecule has 1 aromatic carbocycles. The second kappa shape index (κ2) is 8.22. The number of aryl methyl sites for hydroxylation is 2. The lowest BCUT2D eigenvalue weighted by Gasteiger charge is -2.09. The number of rotatable bonds is 7. The molecule has 124 valence electrons. The summed E-state index contributed by atoms with van der Waals surface area (Å²) >= 11 is 0. The van der Waals surface area contributed by atoms with Crippen LogP contribution in [-0.2, 0) is 13.0 Å². The lowest BCUT2D eigenvalue weighted by Crippen LogP contribution is -2.28. The molecule has 0 fully saturated rings. The van der Waals surface area contributed by atoms with Gasteiger partial charge in [-0.15, -0.1) is 0 Å². The van der Waals surface area contributed by atoms with Gasteiger partial charge in [-0.25, -0.2) is 4.79 Å². The molecule has 0 unspecified atom stereocenters. The Morgan fingerprint density at radius 1 is 1.22 bits per heavy atom. The Bertz CT molecular complexity index is 635. The smallest absolute Gasteiger partial charge is 0.319 e. The summed E-state index contributed by atoms with van der Waals surface area (Å²) in [6, 6.07) is 7.77. The van der Waals surface area contributed by atoms with E-state index in [1.807, 2.05) is 31.2 Å². The average Bonchev–Trinajstić information content (AvgIpc) is 2.92. The number of hydrogen-bond acceptors (Lipinski definition) is 4. The van der Waals surface area contributed by atoms with Crippen molar-refractivity contribution in [3.63, 3.8) is 0 Å². The summed E-state index contributed by atoms with van der Waals surface area (Å²) < 4.78 is 5.15. The van der Waals surface area contributed by atoms with Crippen LogP contribution in [-0.4, -0.2) is 17.7 Å². The third-order valence-corrected chi connectivity index (χ3v) is 3.48. The molecule has 23 heavy (non-hydrogen) atoms. The van der Waals surface area contributed by atoms with Gasteiger partial charge in [-0.05, 0) is 31.0 Å². The molecule has 2 aromatic rings. The molecule has 0 saturated carbocycles. The zero-order valence-corrected chi connectivity index (χ0v) is 13.9. The average molecular weight is 316 g/mol. The monoisotopic (exact) mass is 316 g/mol. The number of urea groups is 1. The topological polar surface area (TPSA) is 79.2 Å². The van der Waals surface area contributed by atoms with Crippen LogP contribution in [0.25, 0.3) is 0 Å². The molecule has 2 rings (SSSR count). The van der Waals surface area contributed by atoms with Crippen LogP contribution in [0.3, 0.4) is 0 Å². The molecule has 0 bridgehead atoms. The van der Waals surface area contributed by atoms with Crippen LogP contribution in [0.5, 0.6) is 0 Å². The van der Waals surface area contributed by atoms with Crippen LogP contribution in [0.1, 0.15) is 37.3 Å². The third kappa shape index (κ3) is 4.74. The Balaban J connectivity index is 1.85. The van der Waals surface area contributed by atoms with Crippen molar-refractivity contribution in [2.45, 2.75) is 40.2 Å². The Kier molecular flexibility index (Phi) is 6.02. The van der Waals surface area contributed by atoms with E-state index in [0.717, 1.165) is 24.2 Å². The number of carbonyl (C=O) groups is 1. The standard InChI is InChI=1S/C17H24N4O2/c1-4-10-18-14-8-6-13(7-9-14)11-19-17(22)20-16-12(3)21-23-15(16)5-2/h6-9,18H,4-5,10-11H2,1-3H3,(H2,19,20,22). The van der Waals surface area contributed by atoms with Crippen molar-refractivity contribution >= 4 is 17.4 Å². The number of amides is 2. The van der Waals surface area contributed by atoms with Gasteiger partial charge in [0.25, 0.3) is 0 Å². The summed E-state index contributed by atoms with van der Waals surface area (Å²) in [5, 5.41) is 12.8. The fourth-order valence-electron chi connectivity index (χ4n) is 2.17. The molecule has 2 amide bonds. The van der Waals surface area contributed by atoms with Gasteiger partial charge in [0.1, 0.15) is 11.4 Å². The number of anilines is 2. The largest absolute Gasteiger partial charge is 0.385 e. The first-order valence-electron chi connectivity index (χ1n) is 7.96. The molecule has 0 aliphatic heterocycles. The molecule has 0 spiro atoms. The Labute approximate surface area is 136 Å². The van der Waals surface area contributed by atoms with Gasteiger partial charge in [0.15, 0.2) is 5.76 Å². The van der Waals surface area contributed by atoms with Crippen molar-refractivity contribution < 1.29 is 9.32 Å². The molecule has 0 aliphatic rings. The first-order chi connectivity index (χ1) is 11.1. The highest BCUT2D eigenvalue weighted by Crippen LogP contribution is 2.20. The highest BCUT2D eigenvalue weighted by molar-refractivity contribution is 5.90. The van der Waals surface area contributed by atoms with Crippen LogP contribution in [0.2, 0.25) is 0 Å². The quantitative estimate of drug-likeness (QED) is 0.728. The van der Waals surface area contributed by atoms with E-state index in [1.165, 1.54) is 0 Å². The van der Waals surface area contributed by atoms with Crippen molar-refractivity contribution in [3.8, 4) is 0 Å². The van der Waals surface area contributed by atoms with Gasteiger partial charge in [0.05, 0.1) is 0 Å². The summed E-state index contributed by atoms with van der Waals surface area (Å²) in [4.78, 5) is 12.0. The lowest BCUT2D eigenvalue weighted by molar-refractivity contribution is 0.251. The van der Waals surface area contributed by atoms with Crippen LogP contribution < -0.4 is 16.0 Å². The van der Waals surface area contributed by atoms with Gasteiger partial charge >= 0.3 is 6.03 Å². The summed E-state index contributed by atoms with van der Waals surface area (Å²) in [7, 11) is 0. The highest BCUT2D eigenvalue weighted by atomic mass is 16.5. The molecule has 0 aliphatic carbocycles. The minimum absolute atomic E-state index is 0.265. The van der Waals surface area contributed by atoms with Crippen molar-refractivity contribution in [3.05, 3.63) is 41.3 Å². The molecule has 0 saturated heterocycles. The van der Waals surface area contributed by atoms with Crippen molar-refractivity contribution in [2.24, 2.45) is 0 Å². The molecule has 3 N–H and O–H groups in total. The minimum Gasteiger partial charge on any atom is -0.385 e. The number of hydrogen-bond donors (Lipinski definition) is 3. The Morgan fingerprint density at radius 2 is 1.96 bits per heavy atom. The maximum Gasteiger partial charge on any atom is 0.319 e. The third-order valence-electron chi connectivity index (χ3n) is 3.48. The van der Waals surface area contributed by atoms with Crippen molar-refractivity contribution in [1.82, 2.24) is 10.5 Å². The van der Waals surface area contributed by atoms with Crippen LogP contribution >= 0.6 is 0 Å². The molecule has 6 nitrogen and oxygen atoms in total. The number of carbonyl (C=O) groups excluding carboxylic acids is 1. The van der Waals surface area contributed by atoms with Crippen LogP contribution in [0.4, 0.5) is 16.2 Å². The SMILES string of the molecule is CCCNc1ccc(CNC(=O)Nc2c(C)noc2CC)cc1. The molecular formula is C17H24N4O2.